The fourth-order valence-electron chi connectivity index (χ4n) is 11.5. The summed E-state index contributed by atoms with van der Waals surface area (Å²) in [6.07, 6.45) is 0. The first-order chi connectivity index (χ1) is 32.7. The molecule has 0 radical (unpaired) electrons. The first kappa shape index (κ1) is 35.7. The molecule has 16 rings (SSSR count). The zero-order chi connectivity index (χ0) is 43.0. The summed E-state index contributed by atoms with van der Waals surface area (Å²) in [6, 6.07) is 78.9. The van der Waals surface area contributed by atoms with Gasteiger partial charge >= 0.3 is 0 Å². The Labute approximate surface area is 379 Å². The van der Waals surface area contributed by atoms with Crippen LogP contribution in [0.1, 0.15) is 0 Å². The predicted octanol–water partition coefficient (Wildman–Crippen LogP) is 18.4. The van der Waals surface area contributed by atoms with Crippen LogP contribution >= 0.6 is 0 Å². The minimum atomic E-state index is 0.938. The van der Waals surface area contributed by atoms with Crippen LogP contribution in [-0.2, 0) is 0 Å². The van der Waals surface area contributed by atoms with E-state index >= 15 is 0 Å². The van der Waals surface area contributed by atoms with E-state index < -0.39 is 0 Å². The summed E-state index contributed by atoms with van der Waals surface area (Å²) in [7, 11) is 0. The Morgan fingerprint density at radius 2 is 0.712 bits per heavy atom. The molecule has 0 spiro atoms. The molecule has 0 unspecified atom stereocenters. The smallest absolute Gasteiger partial charge is 0.143 e. The van der Waals surface area contributed by atoms with Gasteiger partial charge in [0.15, 0.2) is 0 Å². The largest absolute Gasteiger partial charge is 0.456 e. The van der Waals surface area contributed by atoms with Crippen LogP contribution in [0.15, 0.2) is 227 Å². The summed E-state index contributed by atoms with van der Waals surface area (Å²) in [4.78, 5) is 0. The Balaban J connectivity index is 0.000000121. The van der Waals surface area contributed by atoms with Gasteiger partial charge in [0.05, 0.1) is 0 Å². The van der Waals surface area contributed by atoms with Crippen molar-refractivity contribution in [2.75, 3.05) is 0 Å². The third-order valence-electron chi connectivity index (χ3n) is 14.4. The molecule has 2 nitrogen and oxygen atoms in total. The molecule has 12 aromatic carbocycles. The lowest BCUT2D eigenvalue weighted by Gasteiger charge is -2.11. The summed E-state index contributed by atoms with van der Waals surface area (Å²) in [5.41, 5.74) is 19.4. The van der Waals surface area contributed by atoms with Crippen LogP contribution in [0.2, 0.25) is 0 Å². The van der Waals surface area contributed by atoms with Gasteiger partial charge in [-0.2, -0.15) is 0 Å². The van der Waals surface area contributed by atoms with Crippen LogP contribution in [0.4, 0.5) is 0 Å². The van der Waals surface area contributed by atoms with Gasteiger partial charge < -0.3 is 8.83 Å². The van der Waals surface area contributed by atoms with Crippen molar-refractivity contribution in [2.45, 2.75) is 0 Å². The number of rotatable bonds is 2. The van der Waals surface area contributed by atoms with E-state index in [1.807, 2.05) is 24.3 Å². The normalized spacial score (nSPS) is 12.2. The van der Waals surface area contributed by atoms with Crippen molar-refractivity contribution in [3.8, 4) is 66.8 Å². The van der Waals surface area contributed by atoms with Gasteiger partial charge in [-0.05, 0) is 159 Å². The monoisotopic (exact) mass is 836 g/mol. The highest BCUT2D eigenvalue weighted by Crippen LogP contribution is 2.51. The first-order valence-corrected chi connectivity index (χ1v) is 22.7. The number of hydrogen-bond donors (Lipinski definition) is 0. The van der Waals surface area contributed by atoms with E-state index in [9.17, 15) is 0 Å². The van der Waals surface area contributed by atoms with Crippen molar-refractivity contribution in [3.63, 3.8) is 0 Å². The fraction of sp³-hybridized carbons (Fsp3) is 0. The molecule has 14 aromatic rings. The molecule has 2 heteroatoms. The zero-order valence-electron chi connectivity index (χ0n) is 35.6. The second-order valence-corrected chi connectivity index (χ2v) is 17.9. The molecule has 304 valence electrons. The zero-order valence-corrected chi connectivity index (χ0v) is 35.6. The summed E-state index contributed by atoms with van der Waals surface area (Å²) >= 11 is 0. The summed E-state index contributed by atoms with van der Waals surface area (Å²) in [5, 5.41) is 14.9. The minimum Gasteiger partial charge on any atom is -0.456 e. The molecule has 0 aliphatic heterocycles. The van der Waals surface area contributed by atoms with Gasteiger partial charge in [-0.3, -0.25) is 0 Å². The Morgan fingerprint density at radius 1 is 0.212 bits per heavy atom. The molecule has 2 aliphatic rings. The molecule has 2 aliphatic carbocycles. The average Bonchev–Trinajstić information content (AvgIpc) is 4.14. The maximum absolute atomic E-state index is 6.33. The topological polar surface area (TPSA) is 26.3 Å². The molecule has 0 atom stereocenters. The van der Waals surface area contributed by atoms with Crippen LogP contribution in [0.25, 0.3) is 154 Å². The Bertz CT molecular complexity index is 4410. The molecule has 66 heavy (non-hydrogen) atoms. The van der Waals surface area contributed by atoms with Crippen molar-refractivity contribution in [1.82, 2.24) is 0 Å². The maximum Gasteiger partial charge on any atom is 0.143 e. The number of para-hydroxylation sites is 2. The van der Waals surface area contributed by atoms with Gasteiger partial charge in [0.2, 0.25) is 0 Å². The van der Waals surface area contributed by atoms with Gasteiger partial charge in [0, 0.05) is 26.9 Å². The summed E-state index contributed by atoms with van der Waals surface area (Å²) in [5.74, 6) is 0. The molecule has 0 saturated carbocycles. The van der Waals surface area contributed by atoms with E-state index in [4.69, 9.17) is 8.83 Å². The highest BCUT2D eigenvalue weighted by Gasteiger charge is 2.24. The van der Waals surface area contributed by atoms with Crippen molar-refractivity contribution < 1.29 is 8.83 Å². The van der Waals surface area contributed by atoms with E-state index in [0.29, 0.717) is 0 Å². The highest BCUT2D eigenvalue weighted by atomic mass is 16.3. The lowest BCUT2D eigenvalue weighted by molar-refractivity contribution is 0.669. The second kappa shape index (κ2) is 13.4. The standard InChI is InChI=1S/2C32H18O/c1-2-9-23-22(8-1)26-12-5-7-19-17-20(18-29(23)31(19)26)21-11-6-13-27-24(21)15-16-28-25-10-3-4-14-30(25)33-32(27)28;1-2-8-25-24(7-1)26-10-5-6-21-17-22(18-28(25)31(21)26)19-12-14-23-20(16-19)13-15-30-32(23)27-9-3-4-11-29(27)33-30/h2*1-18H. The Kier molecular flexibility index (Phi) is 7.25. The molecule has 2 heterocycles. The Hall–Kier alpha value is -8.72. The van der Waals surface area contributed by atoms with E-state index in [-0.39, 0.29) is 0 Å². The van der Waals surface area contributed by atoms with Crippen molar-refractivity contribution in [1.29, 1.82) is 0 Å². The molecule has 0 bridgehead atoms. The van der Waals surface area contributed by atoms with Crippen LogP contribution in [0, 0.1) is 0 Å². The second-order valence-electron chi connectivity index (χ2n) is 17.9. The predicted molar refractivity (Wildman–Crippen MR) is 277 cm³/mol. The molecular weight excluding hydrogens is 801 g/mol. The highest BCUT2D eigenvalue weighted by molar-refractivity contribution is 6.22. The van der Waals surface area contributed by atoms with Gasteiger partial charge in [-0.25, -0.2) is 0 Å². The van der Waals surface area contributed by atoms with Gasteiger partial charge in [-0.1, -0.05) is 164 Å². The van der Waals surface area contributed by atoms with Gasteiger partial charge in [-0.15, -0.1) is 0 Å². The van der Waals surface area contributed by atoms with Gasteiger partial charge in [0.25, 0.3) is 0 Å². The molecular formula is C64H36O2. The number of benzene rings is 12. The molecule has 0 amide bonds. The van der Waals surface area contributed by atoms with Crippen molar-refractivity contribution in [2.24, 2.45) is 0 Å². The van der Waals surface area contributed by atoms with Crippen molar-refractivity contribution >= 4 is 87.0 Å². The molecule has 0 N–H and O–H groups in total. The minimum absolute atomic E-state index is 0.938. The van der Waals surface area contributed by atoms with E-state index in [1.54, 1.807) is 0 Å². The lowest BCUT2D eigenvalue weighted by Crippen LogP contribution is -1.85. The number of fused-ring (bicyclic) bond motifs is 16. The van der Waals surface area contributed by atoms with Crippen LogP contribution in [0.5, 0.6) is 0 Å². The fourth-order valence-corrected chi connectivity index (χ4v) is 11.5. The van der Waals surface area contributed by atoms with Gasteiger partial charge in [0.1, 0.15) is 22.3 Å². The van der Waals surface area contributed by atoms with E-state index in [0.717, 1.165) is 27.7 Å². The quantitative estimate of drug-likeness (QED) is 0.173. The first-order valence-electron chi connectivity index (χ1n) is 22.7. The summed E-state index contributed by atoms with van der Waals surface area (Å²) < 4.78 is 12.4. The molecule has 0 fully saturated rings. The number of hydrogen-bond acceptors (Lipinski definition) is 2. The van der Waals surface area contributed by atoms with Crippen LogP contribution in [0.3, 0.4) is 0 Å². The number of furan rings is 2. The average molecular weight is 837 g/mol. The van der Waals surface area contributed by atoms with Crippen LogP contribution < -0.4 is 0 Å². The van der Waals surface area contributed by atoms with Crippen LogP contribution in [-0.4, -0.2) is 0 Å². The molecule has 0 saturated heterocycles. The SMILES string of the molecule is c1ccc2c(c1)-c1cccc3cc(-c4ccc5c(ccc6oc7ccccc7c65)c4)cc-2c13.c1ccc2c(c1)-c1cccc3cc(-c4cccc5c4ccc4c6ccccc6oc54)cc-2c13. The summed E-state index contributed by atoms with van der Waals surface area (Å²) in [6.45, 7) is 0. The molecule has 2 aromatic heterocycles. The third kappa shape index (κ3) is 5.01. The van der Waals surface area contributed by atoms with E-state index in [1.165, 1.54) is 126 Å². The maximum atomic E-state index is 6.33. The third-order valence-corrected chi connectivity index (χ3v) is 14.4. The van der Waals surface area contributed by atoms with Crippen molar-refractivity contribution in [3.05, 3.63) is 218 Å². The Morgan fingerprint density at radius 3 is 1.44 bits per heavy atom. The lowest BCUT2D eigenvalue weighted by atomic mass is 9.92. The van der Waals surface area contributed by atoms with E-state index in [2.05, 4.69) is 194 Å².